The molecule has 0 heterocycles. The molecule has 3 rings (SSSR count). The largest absolute Gasteiger partial charge is 0.374 e. The number of benzene rings is 3. The summed E-state index contributed by atoms with van der Waals surface area (Å²) < 4.78 is 18.2. The predicted octanol–water partition coefficient (Wildman–Crippen LogP) is 4.96. The van der Waals surface area contributed by atoms with Crippen LogP contribution in [0.4, 0.5) is 0 Å². The molecule has 2 atom stereocenters. The van der Waals surface area contributed by atoms with E-state index in [1.165, 1.54) is 0 Å². The van der Waals surface area contributed by atoms with Crippen molar-refractivity contribution in [3.05, 3.63) is 108 Å². The lowest BCUT2D eigenvalue weighted by molar-refractivity contribution is -0.129. The van der Waals surface area contributed by atoms with Crippen LogP contribution in [0.15, 0.2) is 91.0 Å². The Morgan fingerprint density at radius 2 is 1.03 bits per heavy atom. The highest BCUT2D eigenvalue weighted by Gasteiger charge is 2.24. The second-order valence-electron chi connectivity index (χ2n) is 7.07. The van der Waals surface area contributed by atoms with Gasteiger partial charge in [0.15, 0.2) is 0 Å². The van der Waals surface area contributed by atoms with Crippen LogP contribution < -0.4 is 0 Å². The second kappa shape index (κ2) is 12.7. The smallest absolute Gasteiger partial charge is 0.122 e. The van der Waals surface area contributed by atoms with Gasteiger partial charge in [-0.15, -0.1) is 0 Å². The lowest BCUT2D eigenvalue weighted by Gasteiger charge is -2.26. The van der Waals surface area contributed by atoms with E-state index in [-0.39, 0.29) is 18.6 Å². The molecule has 0 radical (unpaired) electrons. The summed E-state index contributed by atoms with van der Waals surface area (Å²) in [4.78, 5) is 11.3. The van der Waals surface area contributed by atoms with Gasteiger partial charge in [0.25, 0.3) is 0 Å². The van der Waals surface area contributed by atoms with E-state index in [1.807, 2.05) is 91.0 Å². The van der Waals surface area contributed by atoms with Gasteiger partial charge in [0.2, 0.25) is 0 Å². The maximum atomic E-state index is 11.3. The van der Waals surface area contributed by atoms with Gasteiger partial charge in [-0.05, 0) is 16.7 Å². The van der Waals surface area contributed by atoms with E-state index in [0.717, 1.165) is 23.0 Å². The van der Waals surface area contributed by atoms with E-state index >= 15 is 0 Å². The van der Waals surface area contributed by atoms with E-state index in [4.69, 9.17) is 14.2 Å². The topological polar surface area (TPSA) is 44.8 Å². The molecule has 3 aromatic rings. The van der Waals surface area contributed by atoms with Gasteiger partial charge in [-0.25, -0.2) is 0 Å². The van der Waals surface area contributed by atoms with Gasteiger partial charge in [-0.2, -0.15) is 0 Å². The first-order chi connectivity index (χ1) is 14.8. The van der Waals surface area contributed by atoms with Crippen LogP contribution >= 0.6 is 0 Å². The van der Waals surface area contributed by atoms with Crippen molar-refractivity contribution in [2.75, 3.05) is 6.61 Å². The average Bonchev–Trinajstić information content (AvgIpc) is 2.81. The maximum absolute atomic E-state index is 11.3. The van der Waals surface area contributed by atoms with Gasteiger partial charge in [0, 0.05) is 6.42 Å². The third-order valence-electron chi connectivity index (χ3n) is 4.75. The summed E-state index contributed by atoms with van der Waals surface area (Å²) in [7, 11) is 0. The Balaban J connectivity index is 1.62. The quantitative estimate of drug-likeness (QED) is 0.378. The Hall–Kier alpha value is -2.79. The van der Waals surface area contributed by atoms with Gasteiger partial charge in [-0.1, -0.05) is 91.0 Å². The average molecular weight is 405 g/mol. The van der Waals surface area contributed by atoms with Crippen molar-refractivity contribution < 1.29 is 19.0 Å². The number of hydrogen-bond acceptors (Lipinski definition) is 4. The second-order valence-corrected chi connectivity index (χ2v) is 7.07. The van der Waals surface area contributed by atoms with Crippen LogP contribution in [0.5, 0.6) is 0 Å². The number of carbonyl (C=O) groups is 1. The van der Waals surface area contributed by atoms with Crippen LogP contribution in [0.2, 0.25) is 0 Å². The SMILES string of the molecule is O=CC[C@@H](OCc1ccccc1)[C@H](COCc1ccccc1)OCc1ccccc1. The zero-order valence-electron chi connectivity index (χ0n) is 17.1. The Morgan fingerprint density at radius 1 is 0.600 bits per heavy atom. The summed E-state index contributed by atoms with van der Waals surface area (Å²) in [6.07, 6.45) is 0.386. The predicted molar refractivity (Wildman–Crippen MR) is 117 cm³/mol. The fourth-order valence-corrected chi connectivity index (χ4v) is 3.11. The van der Waals surface area contributed by atoms with Crippen molar-refractivity contribution >= 4 is 6.29 Å². The van der Waals surface area contributed by atoms with E-state index in [2.05, 4.69) is 0 Å². The monoisotopic (exact) mass is 404 g/mol. The summed E-state index contributed by atoms with van der Waals surface area (Å²) in [5.41, 5.74) is 3.22. The molecule has 156 valence electrons. The Morgan fingerprint density at radius 3 is 1.50 bits per heavy atom. The Kier molecular flexibility index (Phi) is 9.28. The van der Waals surface area contributed by atoms with E-state index in [1.54, 1.807) is 0 Å². The van der Waals surface area contributed by atoms with Crippen LogP contribution in [-0.2, 0) is 38.8 Å². The standard InChI is InChI=1S/C26H28O4/c27-17-16-25(29-19-23-12-6-2-7-13-23)26(30-20-24-14-8-3-9-15-24)21-28-18-22-10-4-1-5-11-22/h1-15,17,25-26H,16,18-21H2/t25-,26+/m1/s1. The first-order valence-electron chi connectivity index (χ1n) is 10.2. The molecule has 0 N–H and O–H groups in total. The minimum Gasteiger partial charge on any atom is -0.374 e. The molecular formula is C26H28O4. The molecule has 30 heavy (non-hydrogen) atoms. The summed E-state index contributed by atoms with van der Waals surface area (Å²) in [6.45, 7) is 1.68. The van der Waals surface area contributed by atoms with Crippen LogP contribution in [0.25, 0.3) is 0 Å². The summed E-state index contributed by atoms with van der Waals surface area (Å²) in [5, 5.41) is 0. The third-order valence-corrected chi connectivity index (χ3v) is 4.75. The molecule has 0 unspecified atom stereocenters. The number of aldehydes is 1. The fraction of sp³-hybridized carbons (Fsp3) is 0.269. The van der Waals surface area contributed by atoms with Gasteiger partial charge >= 0.3 is 0 Å². The van der Waals surface area contributed by atoms with Crippen LogP contribution in [0.3, 0.4) is 0 Å². The van der Waals surface area contributed by atoms with Crippen LogP contribution in [-0.4, -0.2) is 25.1 Å². The van der Waals surface area contributed by atoms with Gasteiger partial charge < -0.3 is 19.0 Å². The number of carbonyl (C=O) groups excluding carboxylic acids is 1. The molecule has 0 amide bonds. The van der Waals surface area contributed by atoms with Crippen molar-refractivity contribution in [1.82, 2.24) is 0 Å². The molecule has 0 aromatic heterocycles. The minimum absolute atomic E-state index is 0.251. The van der Waals surface area contributed by atoms with E-state index in [9.17, 15) is 4.79 Å². The summed E-state index contributed by atoms with van der Waals surface area (Å²) in [6, 6.07) is 29.9. The number of ether oxygens (including phenoxy) is 3. The molecule has 0 spiro atoms. The third kappa shape index (κ3) is 7.56. The Labute approximate surface area is 178 Å². The highest BCUT2D eigenvalue weighted by Crippen LogP contribution is 2.15. The van der Waals surface area contributed by atoms with Crippen molar-refractivity contribution in [3.8, 4) is 0 Å². The van der Waals surface area contributed by atoms with Crippen LogP contribution in [0, 0.1) is 0 Å². The Bertz CT molecular complexity index is 837. The number of hydrogen-bond donors (Lipinski definition) is 0. The lowest BCUT2D eigenvalue weighted by atomic mass is 10.1. The van der Waals surface area contributed by atoms with Crippen molar-refractivity contribution in [2.24, 2.45) is 0 Å². The minimum atomic E-state index is -0.387. The van der Waals surface area contributed by atoms with Crippen molar-refractivity contribution in [3.63, 3.8) is 0 Å². The zero-order chi connectivity index (χ0) is 20.9. The summed E-state index contributed by atoms with van der Waals surface area (Å²) >= 11 is 0. The first-order valence-corrected chi connectivity index (χ1v) is 10.2. The normalized spacial score (nSPS) is 12.9. The molecule has 0 bridgehead atoms. The lowest BCUT2D eigenvalue weighted by Crippen LogP contribution is -2.36. The molecule has 0 aliphatic rings. The molecule has 0 aliphatic carbocycles. The van der Waals surface area contributed by atoms with Crippen molar-refractivity contribution in [1.29, 1.82) is 0 Å². The summed E-state index contributed by atoms with van der Waals surface area (Å²) in [5.74, 6) is 0. The molecular weight excluding hydrogens is 376 g/mol. The fourth-order valence-electron chi connectivity index (χ4n) is 3.11. The highest BCUT2D eigenvalue weighted by molar-refractivity contribution is 5.50. The van der Waals surface area contributed by atoms with E-state index in [0.29, 0.717) is 26.4 Å². The molecule has 0 aliphatic heterocycles. The molecule has 0 saturated carbocycles. The van der Waals surface area contributed by atoms with Gasteiger partial charge in [0.05, 0.1) is 32.5 Å². The zero-order valence-corrected chi connectivity index (χ0v) is 17.1. The first kappa shape index (κ1) is 21.9. The molecule has 4 heteroatoms. The molecule has 0 saturated heterocycles. The van der Waals surface area contributed by atoms with Gasteiger partial charge in [-0.3, -0.25) is 0 Å². The number of rotatable bonds is 13. The van der Waals surface area contributed by atoms with Crippen LogP contribution in [0.1, 0.15) is 23.1 Å². The van der Waals surface area contributed by atoms with Crippen molar-refractivity contribution in [2.45, 2.75) is 38.4 Å². The molecule has 3 aromatic carbocycles. The highest BCUT2D eigenvalue weighted by atomic mass is 16.6. The molecule has 4 nitrogen and oxygen atoms in total. The van der Waals surface area contributed by atoms with E-state index < -0.39 is 0 Å². The molecule has 0 fully saturated rings. The van der Waals surface area contributed by atoms with Gasteiger partial charge in [0.1, 0.15) is 12.4 Å². The maximum Gasteiger partial charge on any atom is 0.122 e.